The highest BCUT2D eigenvalue weighted by atomic mass is 16.2. The molecule has 1 amide bonds. The van der Waals surface area contributed by atoms with Gasteiger partial charge in [0.25, 0.3) is 0 Å². The van der Waals surface area contributed by atoms with Gasteiger partial charge in [-0.1, -0.05) is 13.0 Å². The maximum atomic E-state index is 11.6. The van der Waals surface area contributed by atoms with Crippen molar-refractivity contribution in [3.8, 4) is 0 Å². The van der Waals surface area contributed by atoms with E-state index in [0.717, 1.165) is 12.2 Å². The monoisotopic (exact) mass is 190 g/mol. The van der Waals surface area contributed by atoms with Crippen molar-refractivity contribution in [2.24, 2.45) is 0 Å². The van der Waals surface area contributed by atoms with Crippen LogP contribution in [0, 0.1) is 0 Å². The van der Waals surface area contributed by atoms with Crippen molar-refractivity contribution >= 4 is 11.7 Å². The molecule has 74 valence electrons. The van der Waals surface area contributed by atoms with E-state index in [1.807, 2.05) is 6.07 Å². The van der Waals surface area contributed by atoms with Crippen LogP contribution in [-0.2, 0) is 4.79 Å². The molecule has 1 aliphatic rings. The third-order valence-electron chi connectivity index (χ3n) is 2.83. The van der Waals surface area contributed by atoms with Gasteiger partial charge in [-0.2, -0.15) is 0 Å². The zero-order valence-corrected chi connectivity index (χ0v) is 8.53. The van der Waals surface area contributed by atoms with Gasteiger partial charge in [0.05, 0.1) is 0 Å². The van der Waals surface area contributed by atoms with Gasteiger partial charge in [-0.15, -0.1) is 0 Å². The Balaban J connectivity index is 2.51. The van der Waals surface area contributed by atoms with Crippen LogP contribution in [0.3, 0.4) is 0 Å². The van der Waals surface area contributed by atoms with Crippen LogP contribution in [0.15, 0.2) is 18.3 Å². The minimum atomic E-state index is 0.161. The Morgan fingerprint density at radius 3 is 3.14 bits per heavy atom. The van der Waals surface area contributed by atoms with Gasteiger partial charge in [-0.25, -0.2) is 4.98 Å². The van der Waals surface area contributed by atoms with E-state index in [0.29, 0.717) is 12.3 Å². The number of carbonyl (C=O) groups is 1. The second-order valence-corrected chi connectivity index (χ2v) is 3.81. The van der Waals surface area contributed by atoms with E-state index < -0.39 is 0 Å². The molecule has 1 aliphatic heterocycles. The lowest BCUT2D eigenvalue weighted by atomic mass is 9.98. The van der Waals surface area contributed by atoms with Crippen molar-refractivity contribution in [1.29, 1.82) is 0 Å². The molecule has 0 fully saturated rings. The van der Waals surface area contributed by atoms with Crippen LogP contribution in [0.5, 0.6) is 0 Å². The highest BCUT2D eigenvalue weighted by Crippen LogP contribution is 2.31. The molecule has 0 saturated heterocycles. The molecule has 14 heavy (non-hydrogen) atoms. The van der Waals surface area contributed by atoms with Crippen LogP contribution in [0.2, 0.25) is 0 Å². The highest BCUT2D eigenvalue weighted by molar-refractivity contribution is 5.93. The molecule has 1 atom stereocenters. The number of pyridine rings is 1. The first-order valence-electron chi connectivity index (χ1n) is 4.91. The number of aromatic nitrogens is 1. The van der Waals surface area contributed by atoms with Crippen LogP contribution >= 0.6 is 0 Å². The largest absolute Gasteiger partial charge is 0.300 e. The Bertz CT molecular complexity index is 362. The van der Waals surface area contributed by atoms with E-state index >= 15 is 0 Å². The summed E-state index contributed by atoms with van der Waals surface area (Å²) >= 11 is 0. The predicted molar refractivity (Wildman–Crippen MR) is 55.3 cm³/mol. The summed E-state index contributed by atoms with van der Waals surface area (Å²) in [5, 5.41) is 0. The lowest BCUT2D eigenvalue weighted by molar-refractivity contribution is -0.118. The summed E-state index contributed by atoms with van der Waals surface area (Å²) in [7, 11) is 1.80. The molecular weight excluding hydrogens is 176 g/mol. The number of hydrogen-bond donors (Lipinski definition) is 0. The Labute approximate surface area is 83.8 Å². The van der Waals surface area contributed by atoms with Gasteiger partial charge >= 0.3 is 0 Å². The van der Waals surface area contributed by atoms with E-state index in [1.54, 1.807) is 18.1 Å². The molecule has 0 bridgehead atoms. The molecule has 1 unspecified atom stereocenters. The Morgan fingerprint density at radius 2 is 2.36 bits per heavy atom. The fourth-order valence-electron chi connectivity index (χ4n) is 1.86. The zero-order chi connectivity index (χ0) is 10.1. The Kier molecular flexibility index (Phi) is 2.23. The summed E-state index contributed by atoms with van der Waals surface area (Å²) in [6, 6.07) is 3.99. The van der Waals surface area contributed by atoms with Crippen LogP contribution in [0.1, 0.15) is 31.2 Å². The van der Waals surface area contributed by atoms with Crippen LogP contribution in [0.25, 0.3) is 0 Å². The molecule has 1 aromatic heterocycles. The van der Waals surface area contributed by atoms with Gasteiger partial charge in [0.1, 0.15) is 5.82 Å². The summed E-state index contributed by atoms with van der Waals surface area (Å²) < 4.78 is 0. The lowest BCUT2D eigenvalue weighted by Crippen LogP contribution is -2.25. The Hall–Kier alpha value is -1.38. The summed E-state index contributed by atoms with van der Waals surface area (Å²) in [4.78, 5) is 17.5. The number of nitrogens with zero attached hydrogens (tertiary/aromatic N) is 2. The molecule has 1 aromatic rings. The van der Waals surface area contributed by atoms with Crippen LogP contribution in [0.4, 0.5) is 5.82 Å². The average Bonchev–Trinajstić information content (AvgIpc) is 2.33. The van der Waals surface area contributed by atoms with Crippen LogP contribution in [-0.4, -0.2) is 17.9 Å². The van der Waals surface area contributed by atoms with E-state index in [9.17, 15) is 4.79 Å². The number of anilines is 1. The molecular formula is C11H14N2O. The lowest BCUT2D eigenvalue weighted by Gasteiger charge is -2.16. The molecule has 2 rings (SSSR count). The molecule has 3 heteroatoms. The summed E-state index contributed by atoms with van der Waals surface area (Å²) in [6.45, 7) is 2.15. The van der Waals surface area contributed by atoms with Crippen molar-refractivity contribution in [3.05, 3.63) is 23.9 Å². The summed E-state index contributed by atoms with van der Waals surface area (Å²) in [5.74, 6) is 1.41. The minimum Gasteiger partial charge on any atom is -0.300 e. The zero-order valence-electron chi connectivity index (χ0n) is 8.53. The van der Waals surface area contributed by atoms with Crippen molar-refractivity contribution in [1.82, 2.24) is 4.98 Å². The van der Waals surface area contributed by atoms with E-state index in [-0.39, 0.29) is 5.91 Å². The summed E-state index contributed by atoms with van der Waals surface area (Å²) in [6.07, 6.45) is 3.27. The minimum absolute atomic E-state index is 0.161. The summed E-state index contributed by atoms with van der Waals surface area (Å²) in [5.41, 5.74) is 1.18. The normalized spacial score (nSPS) is 21.7. The number of carbonyl (C=O) groups excluding carboxylic acids is 1. The van der Waals surface area contributed by atoms with Gasteiger partial charge in [0.2, 0.25) is 5.91 Å². The first kappa shape index (κ1) is 9.19. The molecule has 2 heterocycles. The van der Waals surface area contributed by atoms with Gasteiger partial charge < -0.3 is 0 Å². The molecule has 0 N–H and O–H groups in total. The second kappa shape index (κ2) is 3.40. The SMILES string of the molecule is CC1CCC(=O)N(C)c2ncccc21. The maximum Gasteiger partial charge on any atom is 0.227 e. The van der Waals surface area contributed by atoms with Gasteiger partial charge in [0, 0.05) is 19.7 Å². The van der Waals surface area contributed by atoms with Crippen LogP contribution < -0.4 is 4.90 Å². The fourth-order valence-corrected chi connectivity index (χ4v) is 1.86. The third-order valence-corrected chi connectivity index (χ3v) is 2.83. The van der Waals surface area contributed by atoms with Gasteiger partial charge in [0.15, 0.2) is 0 Å². The topological polar surface area (TPSA) is 33.2 Å². The van der Waals surface area contributed by atoms with Gasteiger partial charge in [-0.3, -0.25) is 9.69 Å². The highest BCUT2D eigenvalue weighted by Gasteiger charge is 2.23. The first-order valence-corrected chi connectivity index (χ1v) is 4.91. The van der Waals surface area contributed by atoms with Crippen molar-refractivity contribution in [2.75, 3.05) is 11.9 Å². The molecule has 0 spiro atoms. The molecule has 0 aliphatic carbocycles. The predicted octanol–water partition coefficient (Wildman–Crippen LogP) is 1.94. The van der Waals surface area contributed by atoms with Crippen molar-refractivity contribution < 1.29 is 4.79 Å². The standard InChI is InChI=1S/C11H14N2O/c1-8-5-6-10(14)13(2)11-9(8)4-3-7-12-11/h3-4,7-8H,5-6H2,1-2H3. The van der Waals surface area contributed by atoms with Gasteiger partial charge in [-0.05, 0) is 24.0 Å². The number of rotatable bonds is 0. The third kappa shape index (κ3) is 1.39. The van der Waals surface area contributed by atoms with E-state index in [2.05, 4.69) is 18.0 Å². The van der Waals surface area contributed by atoms with E-state index in [1.165, 1.54) is 5.56 Å². The molecule has 0 saturated carbocycles. The molecule has 0 radical (unpaired) electrons. The van der Waals surface area contributed by atoms with Crippen molar-refractivity contribution in [2.45, 2.75) is 25.7 Å². The van der Waals surface area contributed by atoms with Crippen molar-refractivity contribution in [3.63, 3.8) is 0 Å². The molecule has 0 aromatic carbocycles. The Morgan fingerprint density at radius 1 is 1.57 bits per heavy atom. The fraction of sp³-hybridized carbons (Fsp3) is 0.455. The number of fused-ring (bicyclic) bond motifs is 1. The number of hydrogen-bond acceptors (Lipinski definition) is 2. The molecule has 3 nitrogen and oxygen atoms in total. The number of amides is 1. The smallest absolute Gasteiger partial charge is 0.227 e. The second-order valence-electron chi connectivity index (χ2n) is 3.81. The van der Waals surface area contributed by atoms with E-state index in [4.69, 9.17) is 0 Å². The maximum absolute atomic E-state index is 11.6. The first-order chi connectivity index (χ1) is 6.70. The quantitative estimate of drug-likeness (QED) is 0.626. The average molecular weight is 190 g/mol.